The third kappa shape index (κ3) is 4.41. The predicted octanol–water partition coefficient (Wildman–Crippen LogP) is 2.18. The standard InChI is InChI=1S/C18H24N4O2/c1-15-20-9-11-21(15)10-6-18(23)22(14-17-3-2-12-24-17)13-16-4-7-19-8-5-16/h4-5,7-9,11,17H,2-3,6,10,12-14H2,1H3. The number of carbonyl (C=O) groups is 1. The Morgan fingerprint density at radius 2 is 2.21 bits per heavy atom. The van der Waals surface area contributed by atoms with Crippen molar-refractivity contribution in [2.24, 2.45) is 0 Å². The second kappa shape index (κ2) is 8.06. The molecule has 2 aromatic rings. The van der Waals surface area contributed by atoms with Crippen molar-refractivity contribution >= 4 is 5.91 Å². The summed E-state index contributed by atoms with van der Waals surface area (Å²) in [7, 11) is 0. The molecule has 6 nitrogen and oxygen atoms in total. The molecule has 0 bridgehead atoms. The number of rotatable bonds is 7. The molecule has 24 heavy (non-hydrogen) atoms. The number of imidazole rings is 1. The Morgan fingerprint density at radius 3 is 2.88 bits per heavy atom. The predicted molar refractivity (Wildman–Crippen MR) is 90.2 cm³/mol. The van der Waals surface area contributed by atoms with Crippen molar-refractivity contribution in [3.05, 3.63) is 48.3 Å². The first kappa shape index (κ1) is 16.6. The molecule has 1 aliphatic heterocycles. The molecule has 1 aliphatic rings. The molecule has 3 rings (SSSR count). The molecule has 0 saturated carbocycles. The summed E-state index contributed by atoms with van der Waals surface area (Å²) in [4.78, 5) is 22.9. The topological polar surface area (TPSA) is 60.2 Å². The summed E-state index contributed by atoms with van der Waals surface area (Å²) in [5.41, 5.74) is 1.09. The van der Waals surface area contributed by atoms with Gasteiger partial charge in [-0.15, -0.1) is 0 Å². The molecule has 6 heteroatoms. The molecule has 0 aliphatic carbocycles. The minimum atomic E-state index is 0.149. The van der Waals surface area contributed by atoms with Crippen LogP contribution in [0.2, 0.25) is 0 Å². The van der Waals surface area contributed by atoms with Gasteiger partial charge in [-0.05, 0) is 37.5 Å². The lowest BCUT2D eigenvalue weighted by atomic mass is 10.2. The normalized spacial score (nSPS) is 17.1. The summed E-state index contributed by atoms with van der Waals surface area (Å²) < 4.78 is 7.73. The van der Waals surface area contributed by atoms with E-state index in [9.17, 15) is 4.79 Å². The van der Waals surface area contributed by atoms with E-state index in [4.69, 9.17) is 4.74 Å². The molecule has 0 radical (unpaired) electrons. The summed E-state index contributed by atoms with van der Waals surface area (Å²) in [6, 6.07) is 3.91. The SMILES string of the molecule is Cc1nccn1CCC(=O)N(Cc1ccncc1)CC1CCCO1. The minimum absolute atomic E-state index is 0.149. The van der Waals surface area contributed by atoms with E-state index in [1.54, 1.807) is 18.6 Å². The van der Waals surface area contributed by atoms with Gasteiger partial charge in [-0.2, -0.15) is 0 Å². The summed E-state index contributed by atoms with van der Waals surface area (Å²) in [6.45, 7) is 4.67. The largest absolute Gasteiger partial charge is 0.376 e. The van der Waals surface area contributed by atoms with Crippen molar-refractivity contribution in [1.82, 2.24) is 19.4 Å². The smallest absolute Gasteiger partial charge is 0.224 e. The maximum absolute atomic E-state index is 12.8. The monoisotopic (exact) mass is 328 g/mol. The van der Waals surface area contributed by atoms with Gasteiger partial charge >= 0.3 is 0 Å². The van der Waals surface area contributed by atoms with Crippen molar-refractivity contribution in [3.63, 3.8) is 0 Å². The van der Waals surface area contributed by atoms with Gasteiger partial charge in [0.1, 0.15) is 5.82 Å². The van der Waals surface area contributed by atoms with Gasteiger partial charge in [0.05, 0.1) is 6.10 Å². The zero-order valence-electron chi connectivity index (χ0n) is 14.1. The Labute approximate surface area is 142 Å². The average Bonchev–Trinajstić information content (AvgIpc) is 3.25. The van der Waals surface area contributed by atoms with Crippen molar-refractivity contribution in [1.29, 1.82) is 0 Å². The highest BCUT2D eigenvalue weighted by molar-refractivity contribution is 5.76. The number of ether oxygens (including phenoxy) is 1. The van der Waals surface area contributed by atoms with Crippen LogP contribution in [-0.2, 0) is 22.6 Å². The Bertz CT molecular complexity index is 650. The van der Waals surface area contributed by atoms with Gasteiger partial charge in [-0.1, -0.05) is 0 Å². The van der Waals surface area contributed by atoms with Gasteiger partial charge in [0.15, 0.2) is 0 Å². The lowest BCUT2D eigenvalue weighted by molar-refractivity contribution is -0.133. The molecule has 1 fully saturated rings. The lowest BCUT2D eigenvalue weighted by Crippen LogP contribution is -2.37. The van der Waals surface area contributed by atoms with Crippen LogP contribution in [0, 0.1) is 6.92 Å². The van der Waals surface area contributed by atoms with Crippen LogP contribution in [0.15, 0.2) is 36.9 Å². The number of hydrogen-bond acceptors (Lipinski definition) is 4. The highest BCUT2D eigenvalue weighted by Gasteiger charge is 2.22. The first-order chi connectivity index (χ1) is 11.7. The van der Waals surface area contributed by atoms with E-state index in [0.29, 0.717) is 26.1 Å². The van der Waals surface area contributed by atoms with Crippen LogP contribution in [0.4, 0.5) is 0 Å². The summed E-state index contributed by atoms with van der Waals surface area (Å²) in [5, 5.41) is 0. The number of hydrogen-bond donors (Lipinski definition) is 0. The molecule has 1 saturated heterocycles. The molecule has 0 spiro atoms. The van der Waals surface area contributed by atoms with Gasteiger partial charge in [0, 0.05) is 57.4 Å². The number of aryl methyl sites for hydroxylation is 2. The summed E-state index contributed by atoms with van der Waals surface area (Å²) >= 11 is 0. The number of pyridine rings is 1. The van der Waals surface area contributed by atoms with E-state index in [0.717, 1.165) is 30.8 Å². The second-order valence-corrected chi connectivity index (χ2v) is 6.18. The molecule has 0 aromatic carbocycles. The van der Waals surface area contributed by atoms with Crippen LogP contribution in [-0.4, -0.2) is 44.6 Å². The molecule has 3 heterocycles. The maximum Gasteiger partial charge on any atom is 0.224 e. The average molecular weight is 328 g/mol. The molecular weight excluding hydrogens is 304 g/mol. The Hall–Kier alpha value is -2.21. The fourth-order valence-corrected chi connectivity index (χ4v) is 3.01. The second-order valence-electron chi connectivity index (χ2n) is 6.18. The number of nitrogens with zero attached hydrogens (tertiary/aromatic N) is 4. The first-order valence-electron chi connectivity index (χ1n) is 8.48. The van der Waals surface area contributed by atoms with E-state index < -0.39 is 0 Å². The van der Waals surface area contributed by atoms with E-state index in [2.05, 4.69) is 9.97 Å². The third-order valence-corrected chi connectivity index (χ3v) is 4.41. The fraction of sp³-hybridized carbons (Fsp3) is 0.500. The quantitative estimate of drug-likeness (QED) is 0.782. The summed E-state index contributed by atoms with van der Waals surface area (Å²) in [5.74, 6) is 1.08. The molecule has 1 atom stereocenters. The van der Waals surface area contributed by atoms with Crippen LogP contribution in [0.3, 0.4) is 0 Å². The van der Waals surface area contributed by atoms with Crippen LogP contribution < -0.4 is 0 Å². The van der Waals surface area contributed by atoms with E-state index >= 15 is 0 Å². The van der Waals surface area contributed by atoms with Gasteiger partial charge < -0.3 is 14.2 Å². The van der Waals surface area contributed by atoms with Crippen LogP contribution in [0.1, 0.15) is 30.7 Å². The van der Waals surface area contributed by atoms with Gasteiger partial charge in [0.2, 0.25) is 5.91 Å². The van der Waals surface area contributed by atoms with E-state index in [1.807, 2.05) is 34.7 Å². The molecule has 128 valence electrons. The highest BCUT2D eigenvalue weighted by Crippen LogP contribution is 2.16. The zero-order chi connectivity index (χ0) is 16.8. The van der Waals surface area contributed by atoms with Crippen molar-refractivity contribution in [2.75, 3.05) is 13.2 Å². The number of carbonyl (C=O) groups excluding carboxylic acids is 1. The zero-order valence-corrected chi connectivity index (χ0v) is 14.1. The molecule has 0 N–H and O–H groups in total. The number of aromatic nitrogens is 3. The first-order valence-corrected chi connectivity index (χ1v) is 8.48. The van der Waals surface area contributed by atoms with Gasteiger partial charge in [-0.3, -0.25) is 9.78 Å². The van der Waals surface area contributed by atoms with Crippen LogP contribution >= 0.6 is 0 Å². The molecule has 1 unspecified atom stereocenters. The molecule has 1 amide bonds. The van der Waals surface area contributed by atoms with Crippen molar-refractivity contribution in [2.45, 2.75) is 45.4 Å². The lowest BCUT2D eigenvalue weighted by Gasteiger charge is -2.26. The van der Waals surface area contributed by atoms with Crippen molar-refractivity contribution < 1.29 is 9.53 Å². The number of amides is 1. The summed E-state index contributed by atoms with van der Waals surface area (Å²) in [6.07, 6.45) is 9.94. The molecule has 2 aromatic heterocycles. The van der Waals surface area contributed by atoms with Gasteiger partial charge in [0.25, 0.3) is 0 Å². The highest BCUT2D eigenvalue weighted by atomic mass is 16.5. The van der Waals surface area contributed by atoms with Crippen molar-refractivity contribution in [3.8, 4) is 0 Å². The Morgan fingerprint density at radius 1 is 1.38 bits per heavy atom. The van der Waals surface area contributed by atoms with Crippen LogP contribution in [0.5, 0.6) is 0 Å². The Balaban J connectivity index is 1.63. The fourth-order valence-electron chi connectivity index (χ4n) is 3.01. The minimum Gasteiger partial charge on any atom is -0.376 e. The van der Waals surface area contributed by atoms with Crippen LogP contribution in [0.25, 0.3) is 0 Å². The Kier molecular flexibility index (Phi) is 5.59. The van der Waals surface area contributed by atoms with E-state index in [-0.39, 0.29) is 12.0 Å². The van der Waals surface area contributed by atoms with E-state index in [1.165, 1.54) is 0 Å². The third-order valence-electron chi connectivity index (χ3n) is 4.41. The van der Waals surface area contributed by atoms with Gasteiger partial charge in [-0.25, -0.2) is 4.98 Å². The maximum atomic E-state index is 12.8. The molecular formula is C18H24N4O2.